The second kappa shape index (κ2) is 10.0. The van der Waals surface area contributed by atoms with Crippen LogP contribution in [0.3, 0.4) is 0 Å². The van der Waals surface area contributed by atoms with Crippen LogP contribution in [0.15, 0.2) is 70.9 Å². The summed E-state index contributed by atoms with van der Waals surface area (Å²) in [5.41, 5.74) is 3.80. The van der Waals surface area contributed by atoms with Crippen molar-refractivity contribution < 1.29 is 23.2 Å². The van der Waals surface area contributed by atoms with Gasteiger partial charge in [-0.25, -0.2) is 13.9 Å². The first kappa shape index (κ1) is 23.4. The minimum absolute atomic E-state index is 0.0751. The Labute approximate surface area is 197 Å². The number of ether oxygens (including phenoxy) is 1. The predicted molar refractivity (Wildman–Crippen MR) is 126 cm³/mol. The molecule has 0 bridgehead atoms. The third-order valence-corrected chi connectivity index (χ3v) is 8.95. The van der Waals surface area contributed by atoms with Crippen LogP contribution in [0.1, 0.15) is 28.3 Å². The van der Waals surface area contributed by atoms with Gasteiger partial charge < -0.3 is 4.74 Å². The zero-order chi connectivity index (χ0) is 23.4. The van der Waals surface area contributed by atoms with Gasteiger partial charge in [-0.05, 0) is 66.1 Å². The number of fused-ring (bicyclic) bond motifs is 1. The lowest BCUT2D eigenvalue weighted by Gasteiger charge is -2.33. The standard InChI is InChI=1S/C24H26N2O5S2/c1-31-18-8-10-19(11-9-18)33(29,30)26-15-13-22-20(14-16-32-22)21(23(26)24(27)25-28)12-7-17-5-3-2-4-6-17/h2-6,8-11,14,16,21,23,28H,7,12-13,15H2,1H3,(H,25,27)/t21-,23-/m1/s1. The van der Waals surface area contributed by atoms with Gasteiger partial charge in [0.2, 0.25) is 10.0 Å². The summed E-state index contributed by atoms with van der Waals surface area (Å²) in [6.07, 6.45) is 1.73. The fourth-order valence-corrected chi connectivity index (χ4v) is 6.99. The fraction of sp³-hybridized carbons (Fsp3) is 0.292. The molecule has 9 heteroatoms. The van der Waals surface area contributed by atoms with Crippen LogP contribution in [-0.4, -0.2) is 43.5 Å². The van der Waals surface area contributed by atoms with Crippen molar-refractivity contribution >= 4 is 27.3 Å². The molecule has 174 valence electrons. The highest BCUT2D eigenvalue weighted by molar-refractivity contribution is 7.89. The van der Waals surface area contributed by atoms with E-state index < -0.39 is 27.9 Å². The molecule has 1 amide bonds. The molecule has 0 fully saturated rings. The molecular formula is C24H26N2O5S2. The molecule has 2 aromatic carbocycles. The maximum Gasteiger partial charge on any atom is 0.262 e. The van der Waals surface area contributed by atoms with Gasteiger partial charge in [-0.15, -0.1) is 11.3 Å². The van der Waals surface area contributed by atoms with Crippen molar-refractivity contribution in [2.45, 2.75) is 36.1 Å². The number of hydroxylamine groups is 1. The average molecular weight is 487 g/mol. The van der Waals surface area contributed by atoms with Gasteiger partial charge >= 0.3 is 0 Å². The number of sulfonamides is 1. The summed E-state index contributed by atoms with van der Waals surface area (Å²) in [5.74, 6) is -0.601. The molecule has 1 aliphatic rings. The maximum atomic E-state index is 13.7. The van der Waals surface area contributed by atoms with Crippen LogP contribution in [0.5, 0.6) is 5.75 Å². The molecule has 0 radical (unpaired) electrons. The number of carbonyl (C=O) groups is 1. The Morgan fingerprint density at radius 1 is 1.15 bits per heavy atom. The van der Waals surface area contributed by atoms with E-state index in [1.54, 1.807) is 28.9 Å². The molecule has 2 N–H and O–H groups in total. The number of amides is 1. The normalized spacial score (nSPS) is 18.8. The number of hydrogen-bond acceptors (Lipinski definition) is 6. The van der Waals surface area contributed by atoms with Gasteiger partial charge in [0.15, 0.2) is 0 Å². The van der Waals surface area contributed by atoms with Gasteiger partial charge in [-0.1, -0.05) is 30.3 Å². The maximum absolute atomic E-state index is 13.7. The highest BCUT2D eigenvalue weighted by Crippen LogP contribution is 2.39. The summed E-state index contributed by atoms with van der Waals surface area (Å²) in [6.45, 7) is 0.141. The van der Waals surface area contributed by atoms with Crippen LogP contribution in [-0.2, 0) is 27.7 Å². The first-order chi connectivity index (χ1) is 16.0. The summed E-state index contributed by atoms with van der Waals surface area (Å²) < 4.78 is 33.8. The number of nitrogens with zero attached hydrogens (tertiary/aromatic N) is 1. The lowest BCUT2D eigenvalue weighted by atomic mass is 9.86. The van der Waals surface area contributed by atoms with E-state index in [1.165, 1.54) is 23.5 Å². The first-order valence-corrected chi connectivity index (χ1v) is 13.0. The molecular weight excluding hydrogens is 460 g/mol. The summed E-state index contributed by atoms with van der Waals surface area (Å²) in [6, 6.07) is 16.9. The van der Waals surface area contributed by atoms with E-state index in [4.69, 9.17) is 4.74 Å². The monoisotopic (exact) mass is 486 g/mol. The molecule has 1 aliphatic heterocycles. The van der Waals surface area contributed by atoms with Crippen molar-refractivity contribution in [3.05, 3.63) is 82.0 Å². The highest BCUT2D eigenvalue weighted by Gasteiger charge is 2.44. The fourth-order valence-electron chi connectivity index (χ4n) is 4.42. The number of thiophene rings is 1. The number of aryl methyl sites for hydroxylation is 1. The van der Waals surface area contributed by atoms with Gasteiger partial charge in [-0.3, -0.25) is 10.0 Å². The molecule has 0 saturated carbocycles. The van der Waals surface area contributed by atoms with Gasteiger partial charge in [0, 0.05) is 17.3 Å². The molecule has 7 nitrogen and oxygen atoms in total. The smallest absolute Gasteiger partial charge is 0.262 e. The molecule has 0 aliphatic carbocycles. The summed E-state index contributed by atoms with van der Waals surface area (Å²) in [7, 11) is -2.51. The van der Waals surface area contributed by atoms with Crippen LogP contribution < -0.4 is 10.2 Å². The molecule has 0 unspecified atom stereocenters. The van der Waals surface area contributed by atoms with Crippen molar-refractivity contribution in [2.75, 3.05) is 13.7 Å². The van der Waals surface area contributed by atoms with Crippen LogP contribution in [0.2, 0.25) is 0 Å². The average Bonchev–Trinajstić information content (AvgIpc) is 3.25. The Morgan fingerprint density at radius 3 is 2.55 bits per heavy atom. The second-order valence-corrected chi connectivity index (χ2v) is 10.8. The van der Waals surface area contributed by atoms with Crippen molar-refractivity contribution in [1.82, 2.24) is 9.79 Å². The van der Waals surface area contributed by atoms with Gasteiger partial charge in [0.1, 0.15) is 11.8 Å². The molecule has 33 heavy (non-hydrogen) atoms. The Kier molecular flexibility index (Phi) is 7.14. The van der Waals surface area contributed by atoms with E-state index in [9.17, 15) is 18.4 Å². The topological polar surface area (TPSA) is 95.9 Å². The van der Waals surface area contributed by atoms with Gasteiger partial charge in [0.25, 0.3) is 5.91 Å². The van der Waals surface area contributed by atoms with Crippen LogP contribution in [0.25, 0.3) is 0 Å². The number of nitrogens with one attached hydrogen (secondary N) is 1. The Bertz CT molecular complexity index is 1190. The van der Waals surface area contributed by atoms with Crippen molar-refractivity contribution in [3.8, 4) is 5.75 Å². The molecule has 2 atom stereocenters. The van der Waals surface area contributed by atoms with E-state index in [0.29, 0.717) is 25.0 Å². The quantitative estimate of drug-likeness (QED) is 0.393. The van der Waals surface area contributed by atoms with Crippen LogP contribution in [0, 0.1) is 0 Å². The van der Waals surface area contributed by atoms with Gasteiger partial charge in [0.05, 0.1) is 12.0 Å². The van der Waals surface area contributed by atoms with E-state index >= 15 is 0 Å². The van der Waals surface area contributed by atoms with E-state index in [-0.39, 0.29) is 11.4 Å². The van der Waals surface area contributed by atoms with Crippen molar-refractivity contribution in [3.63, 3.8) is 0 Å². The van der Waals surface area contributed by atoms with Crippen LogP contribution >= 0.6 is 11.3 Å². The molecule has 2 heterocycles. The van der Waals surface area contributed by atoms with E-state index in [1.807, 2.05) is 41.8 Å². The minimum atomic E-state index is -4.02. The summed E-state index contributed by atoms with van der Waals surface area (Å²) >= 11 is 1.57. The molecule has 1 aromatic heterocycles. The van der Waals surface area contributed by atoms with Crippen LogP contribution in [0.4, 0.5) is 0 Å². The molecule has 0 spiro atoms. The predicted octanol–water partition coefficient (Wildman–Crippen LogP) is 3.59. The third kappa shape index (κ3) is 4.81. The number of methoxy groups -OCH3 is 1. The Balaban J connectivity index is 1.75. The Hall–Kier alpha value is -2.72. The molecule has 4 rings (SSSR count). The molecule has 3 aromatic rings. The van der Waals surface area contributed by atoms with Crippen molar-refractivity contribution in [1.29, 1.82) is 0 Å². The van der Waals surface area contributed by atoms with E-state index in [2.05, 4.69) is 0 Å². The number of rotatable bonds is 7. The lowest BCUT2D eigenvalue weighted by molar-refractivity contribution is -0.134. The number of carbonyl (C=O) groups excluding carboxylic acids is 1. The number of hydrogen-bond donors (Lipinski definition) is 2. The second-order valence-electron chi connectivity index (χ2n) is 7.89. The van der Waals surface area contributed by atoms with Gasteiger partial charge in [-0.2, -0.15) is 4.31 Å². The summed E-state index contributed by atoms with van der Waals surface area (Å²) in [4.78, 5) is 14.1. The summed E-state index contributed by atoms with van der Waals surface area (Å²) in [5, 5.41) is 11.5. The third-order valence-electron chi connectivity index (χ3n) is 6.06. The minimum Gasteiger partial charge on any atom is -0.497 e. The largest absolute Gasteiger partial charge is 0.497 e. The SMILES string of the molecule is COc1ccc(S(=O)(=O)N2CCc3sccc3[C@@H](CCc3ccccc3)[C@@H]2C(=O)NO)cc1. The first-order valence-electron chi connectivity index (χ1n) is 10.7. The number of benzene rings is 2. The van der Waals surface area contributed by atoms with E-state index in [0.717, 1.165) is 16.0 Å². The van der Waals surface area contributed by atoms with Crippen molar-refractivity contribution in [2.24, 2.45) is 0 Å². The molecule has 0 saturated heterocycles. The zero-order valence-corrected chi connectivity index (χ0v) is 19.8. The lowest BCUT2D eigenvalue weighted by Crippen LogP contribution is -2.51. The highest BCUT2D eigenvalue weighted by atomic mass is 32.2. The Morgan fingerprint density at radius 2 is 1.88 bits per heavy atom. The zero-order valence-electron chi connectivity index (χ0n) is 18.2.